The van der Waals surface area contributed by atoms with Crippen LogP contribution in [0, 0.1) is 23.6 Å². The smallest absolute Gasteiger partial charge is 0.239 e. The zero-order valence-electron chi connectivity index (χ0n) is 38.4. The molecule has 6 atom stereocenters. The van der Waals surface area contributed by atoms with Gasteiger partial charge in [0.15, 0.2) is 0 Å². The summed E-state index contributed by atoms with van der Waals surface area (Å²) in [6.07, 6.45) is 20.0. The second kappa shape index (κ2) is 25.3. The fourth-order valence-electron chi connectivity index (χ4n) is 10.3. The summed E-state index contributed by atoms with van der Waals surface area (Å²) in [5.74, 6) is -0.813. The third kappa shape index (κ3) is 12.4. The van der Waals surface area contributed by atoms with Gasteiger partial charge in [0.2, 0.25) is 11.7 Å². The number of nitrogens with zero attached hydrogens (tertiary/aromatic N) is 2. The van der Waals surface area contributed by atoms with Crippen LogP contribution >= 0.6 is 0 Å². The highest BCUT2D eigenvalue weighted by atomic mass is 19.1. The Bertz CT molecular complexity index is 1970. The van der Waals surface area contributed by atoms with E-state index in [0.717, 1.165) is 67.4 Å². The van der Waals surface area contributed by atoms with Crippen LogP contribution < -0.4 is 9.47 Å². The molecular weight excluding hydrogens is 808 g/mol. The molecule has 6 rings (SSSR count). The maximum atomic E-state index is 14.8. The Labute approximate surface area is 381 Å². The number of hydrogen-bond acceptors (Lipinski definition) is 8. The topological polar surface area (TPSA) is 110 Å². The number of hydrogen-bond donors (Lipinski definition) is 2. The van der Waals surface area contributed by atoms with Gasteiger partial charge in [0.05, 0.1) is 18.2 Å². The fraction of sp³-hybridized carbons (Fsp3) is 0.556. The van der Waals surface area contributed by atoms with Gasteiger partial charge in [0.25, 0.3) is 0 Å². The third-order valence-electron chi connectivity index (χ3n) is 13.6. The molecule has 0 spiro atoms. The van der Waals surface area contributed by atoms with Gasteiger partial charge < -0.3 is 34.2 Å². The number of likely N-dealkylation sites (N-methyl/N-ethyl adjacent to an activating group) is 1. The lowest BCUT2D eigenvalue weighted by Crippen LogP contribution is -2.69. The first-order valence-corrected chi connectivity index (χ1v) is 24.2. The SMILES string of the molecule is C=CCO[C@@]12Oc3ccc(OCc4ccccc4F)cc3[C@H]3[C@H](CCCCO)[C@@H](CCCCO)C=C(C(=NOCc4ccccc4)C[C@@H]1N(C)C(=O)CCCCCCCCCCC)[C@H]32. The number of amides is 1. The van der Waals surface area contributed by atoms with E-state index in [4.69, 9.17) is 24.2 Å². The van der Waals surface area contributed by atoms with Crippen molar-refractivity contribution in [1.82, 2.24) is 4.90 Å². The lowest BCUT2D eigenvalue weighted by Gasteiger charge is -2.59. The lowest BCUT2D eigenvalue weighted by atomic mass is 9.55. The van der Waals surface area contributed by atoms with E-state index in [1.165, 1.54) is 44.6 Å². The van der Waals surface area contributed by atoms with Gasteiger partial charge >= 0.3 is 0 Å². The summed E-state index contributed by atoms with van der Waals surface area (Å²) in [5.41, 5.74) is 4.15. The van der Waals surface area contributed by atoms with E-state index in [-0.39, 0.29) is 62.5 Å². The molecular formula is C54H73FN2O7. The molecule has 10 heteroatoms. The van der Waals surface area contributed by atoms with Crippen molar-refractivity contribution in [2.45, 2.75) is 147 Å². The summed E-state index contributed by atoms with van der Waals surface area (Å²) >= 11 is 0. The monoisotopic (exact) mass is 881 g/mol. The van der Waals surface area contributed by atoms with E-state index in [1.54, 1.807) is 24.3 Å². The van der Waals surface area contributed by atoms with Crippen LogP contribution in [0.4, 0.5) is 4.39 Å². The van der Waals surface area contributed by atoms with Crippen LogP contribution in [0.1, 0.15) is 139 Å². The molecule has 2 N–H and O–H groups in total. The van der Waals surface area contributed by atoms with Crippen LogP contribution in [-0.2, 0) is 27.6 Å². The number of unbranched alkanes of at least 4 members (excludes halogenated alkanes) is 10. The Morgan fingerprint density at radius 3 is 2.31 bits per heavy atom. The molecule has 0 aromatic heterocycles. The zero-order valence-corrected chi connectivity index (χ0v) is 38.4. The Balaban J connectivity index is 1.42. The molecule has 0 radical (unpaired) electrons. The number of rotatable bonds is 28. The van der Waals surface area contributed by atoms with Crippen molar-refractivity contribution in [3.63, 3.8) is 0 Å². The minimum Gasteiger partial charge on any atom is -0.489 e. The van der Waals surface area contributed by atoms with Crippen molar-refractivity contribution in [2.24, 2.45) is 22.9 Å². The molecule has 1 heterocycles. The largest absolute Gasteiger partial charge is 0.489 e. The number of allylic oxidation sites excluding steroid dienone is 1. The molecule has 3 aromatic rings. The van der Waals surface area contributed by atoms with Gasteiger partial charge in [-0.25, -0.2) is 4.39 Å². The van der Waals surface area contributed by atoms with Crippen molar-refractivity contribution < 1.29 is 38.4 Å². The standard InChI is InChI=1S/C54H73FN2O7/c1-4-6-7-8-9-10-11-12-16-29-51(60)57(3)50-37-48(56-63-38-40-23-14-13-15-24-40)45-35-41(25-19-21-32-58)44(27-20-22-33-59)52-46-36-43(61-39-42-26-17-18-28-47(42)55)30-31-49(46)64-54(50,53(45)52)62-34-5-2/h5,13-15,17-18,23-24,26,28,30-31,35-36,41,44,50,52-53,58-59H,2,4,6-12,16,19-22,25,27,29,32-34,37-39H2,1,3H3/t41-,44+,50-,52+,53+,54+/m0/s1. The molecule has 0 saturated heterocycles. The van der Waals surface area contributed by atoms with E-state index in [1.807, 2.05) is 60.5 Å². The molecule has 3 aliphatic rings. The second-order valence-corrected chi connectivity index (χ2v) is 18.0. The highest BCUT2D eigenvalue weighted by Gasteiger charge is 2.65. The Morgan fingerprint density at radius 2 is 1.59 bits per heavy atom. The maximum absolute atomic E-state index is 14.8. The van der Waals surface area contributed by atoms with Gasteiger partial charge in [-0.1, -0.05) is 137 Å². The van der Waals surface area contributed by atoms with Gasteiger partial charge in [0.1, 0.15) is 36.6 Å². The number of aliphatic hydroxyl groups is 2. The van der Waals surface area contributed by atoms with Gasteiger partial charge in [0, 0.05) is 50.1 Å². The zero-order chi connectivity index (χ0) is 45.2. The van der Waals surface area contributed by atoms with Crippen molar-refractivity contribution in [2.75, 3.05) is 26.9 Å². The average molecular weight is 881 g/mol. The number of fused-ring (bicyclic) bond motifs is 2. The third-order valence-corrected chi connectivity index (χ3v) is 13.6. The van der Waals surface area contributed by atoms with Crippen LogP contribution in [0.15, 0.2) is 102 Å². The van der Waals surface area contributed by atoms with Crippen molar-refractivity contribution in [3.8, 4) is 11.5 Å². The highest BCUT2D eigenvalue weighted by molar-refractivity contribution is 6.03. The van der Waals surface area contributed by atoms with Crippen LogP contribution in [0.25, 0.3) is 0 Å². The number of aliphatic hydroxyl groups excluding tert-OH is 2. The molecule has 1 amide bonds. The molecule has 3 aromatic carbocycles. The number of ether oxygens (including phenoxy) is 3. The molecule has 64 heavy (non-hydrogen) atoms. The quantitative estimate of drug-likeness (QED) is 0.0424. The number of benzene rings is 3. The number of oxime groups is 1. The van der Waals surface area contributed by atoms with Gasteiger partial charge in [-0.15, -0.1) is 6.58 Å². The second-order valence-electron chi connectivity index (χ2n) is 18.0. The van der Waals surface area contributed by atoms with Crippen molar-refractivity contribution in [1.29, 1.82) is 0 Å². The minimum absolute atomic E-state index is 0.0338. The highest BCUT2D eigenvalue weighted by Crippen LogP contribution is 2.62. The van der Waals surface area contributed by atoms with Gasteiger partial charge in [-0.3, -0.25) is 4.79 Å². The summed E-state index contributed by atoms with van der Waals surface area (Å²) in [7, 11) is 1.88. The number of carbonyl (C=O) groups excluding carboxylic acids is 1. The first kappa shape index (κ1) is 48.9. The molecule has 0 bridgehead atoms. The summed E-state index contributed by atoms with van der Waals surface area (Å²) in [6, 6.07) is 21.9. The Morgan fingerprint density at radius 1 is 0.891 bits per heavy atom. The van der Waals surface area contributed by atoms with E-state index < -0.39 is 17.7 Å². The van der Waals surface area contributed by atoms with Crippen LogP contribution in [0.3, 0.4) is 0 Å². The summed E-state index contributed by atoms with van der Waals surface area (Å²) in [4.78, 5) is 22.5. The molecule has 9 nitrogen and oxygen atoms in total. The minimum atomic E-state index is -1.32. The normalized spacial score (nSPS) is 22.8. The van der Waals surface area contributed by atoms with E-state index in [9.17, 15) is 19.4 Å². The predicted molar refractivity (Wildman–Crippen MR) is 252 cm³/mol. The average Bonchev–Trinajstić information content (AvgIpc) is 3.31. The predicted octanol–water partition coefficient (Wildman–Crippen LogP) is 11.6. The summed E-state index contributed by atoms with van der Waals surface area (Å²) < 4.78 is 35.5. The van der Waals surface area contributed by atoms with Gasteiger partial charge in [-0.2, -0.15) is 0 Å². The first-order chi connectivity index (χ1) is 31.3. The Hall–Kier alpha value is -4.51. The molecule has 348 valence electrons. The fourth-order valence-corrected chi connectivity index (χ4v) is 10.3. The maximum Gasteiger partial charge on any atom is 0.239 e. The number of halogens is 1. The summed E-state index contributed by atoms with van der Waals surface area (Å²) in [5, 5.41) is 24.8. The molecule has 0 unspecified atom stereocenters. The van der Waals surface area contributed by atoms with Crippen molar-refractivity contribution >= 4 is 11.6 Å². The van der Waals surface area contributed by atoms with E-state index in [0.29, 0.717) is 42.7 Å². The van der Waals surface area contributed by atoms with Crippen molar-refractivity contribution in [3.05, 3.63) is 120 Å². The molecule has 1 saturated carbocycles. The first-order valence-electron chi connectivity index (χ1n) is 24.2. The molecule has 2 aliphatic carbocycles. The summed E-state index contributed by atoms with van der Waals surface area (Å²) in [6.45, 7) is 7.04. The molecule has 1 aliphatic heterocycles. The van der Waals surface area contributed by atoms with E-state index in [2.05, 4.69) is 19.6 Å². The molecule has 1 fully saturated rings. The van der Waals surface area contributed by atoms with Crippen LogP contribution in [-0.4, -0.2) is 65.4 Å². The van der Waals surface area contributed by atoms with Gasteiger partial charge in [-0.05, 0) is 79.3 Å². The van der Waals surface area contributed by atoms with Crippen LogP contribution in [0.2, 0.25) is 0 Å². The van der Waals surface area contributed by atoms with E-state index >= 15 is 0 Å². The number of carbonyl (C=O) groups is 1. The Kier molecular flexibility index (Phi) is 19.3. The van der Waals surface area contributed by atoms with Crippen LogP contribution in [0.5, 0.6) is 11.5 Å². The lowest BCUT2D eigenvalue weighted by molar-refractivity contribution is -0.255.